The van der Waals surface area contributed by atoms with Gasteiger partial charge in [0.25, 0.3) is 0 Å². The molecule has 19 heavy (non-hydrogen) atoms. The summed E-state index contributed by atoms with van der Waals surface area (Å²) in [6.45, 7) is 0.752. The number of rotatable bonds is 3. The normalized spacial score (nSPS) is 19.7. The predicted octanol–water partition coefficient (Wildman–Crippen LogP) is 2.27. The fourth-order valence-corrected chi connectivity index (χ4v) is 2.68. The molecule has 3 nitrogen and oxygen atoms in total. The third-order valence-electron chi connectivity index (χ3n) is 3.61. The molecule has 2 unspecified atom stereocenters. The van der Waals surface area contributed by atoms with E-state index in [0.717, 1.165) is 25.0 Å². The zero-order valence-electron chi connectivity index (χ0n) is 10.8. The number of hydrogen-bond donors (Lipinski definition) is 1. The molecule has 1 aromatic heterocycles. The van der Waals surface area contributed by atoms with Crippen LogP contribution >= 0.6 is 0 Å². The first-order valence-electron chi connectivity index (χ1n) is 6.68. The van der Waals surface area contributed by atoms with Crippen LogP contribution in [0.25, 0.3) is 0 Å². The highest BCUT2D eigenvalue weighted by molar-refractivity contribution is 5.32. The first kappa shape index (κ1) is 12.3. The number of ether oxygens (including phenoxy) is 1. The van der Waals surface area contributed by atoms with Gasteiger partial charge in [-0.2, -0.15) is 0 Å². The van der Waals surface area contributed by atoms with Crippen LogP contribution in [0.2, 0.25) is 0 Å². The Bertz CT molecular complexity index is 541. The van der Waals surface area contributed by atoms with Crippen molar-refractivity contribution >= 4 is 0 Å². The number of pyridine rings is 1. The molecular formula is C16H18N2O. The number of hydrogen-bond acceptors (Lipinski definition) is 3. The first-order chi connectivity index (χ1) is 9.34. The molecule has 1 aliphatic heterocycles. The molecular weight excluding hydrogens is 236 g/mol. The summed E-state index contributed by atoms with van der Waals surface area (Å²) in [5.41, 5.74) is 10.1. The molecule has 1 aromatic carbocycles. The summed E-state index contributed by atoms with van der Waals surface area (Å²) in [5, 5.41) is 0. The number of fused-ring (bicyclic) bond motifs is 1. The summed E-state index contributed by atoms with van der Waals surface area (Å²) in [6, 6.07) is 12.4. The molecule has 2 aromatic rings. The predicted molar refractivity (Wildman–Crippen MR) is 74.8 cm³/mol. The standard InChI is InChI=1S/C16H18N2O/c17-15(10-12-4-3-8-18-11-12)16-14-6-2-1-5-13(14)7-9-19-16/h1-6,8,11,15-16H,7,9-10,17H2. The van der Waals surface area contributed by atoms with Crippen molar-refractivity contribution in [2.24, 2.45) is 5.73 Å². The van der Waals surface area contributed by atoms with Crippen LogP contribution in [-0.2, 0) is 17.6 Å². The number of benzene rings is 1. The van der Waals surface area contributed by atoms with Gasteiger partial charge < -0.3 is 10.5 Å². The zero-order valence-corrected chi connectivity index (χ0v) is 10.8. The number of nitrogens with two attached hydrogens (primary N) is 1. The lowest BCUT2D eigenvalue weighted by atomic mass is 9.91. The molecule has 3 heteroatoms. The van der Waals surface area contributed by atoms with Crippen molar-refractivity contribution in [3.63, 3.8) is 0 Å². The van der Waals surface area contributed by atoms with Gasteiger partial charge in [0, 0.05) is 18.4 Å². The van der Waals surface area contributed by atoms with Crippen LogP contribution in [-0.4, -0.2) is 17.6 Å². The van der Waals surface area contributed by atoms with Crippen molar-refractivity contribution in [1.82, 2.24) is 4.98 Å². The van der Waals surface area contributed by atoms with Crippen LogP contribution in [0.5, 0.6) is 0 Å². The maximum absolute atomic E-state index is 6.34. The topological polar surface area (TPSA) is 48.1 Å². The second-order valence-corrected chi connectivity index (χ2v) is 4.97. The molecule has 0 bridgehead atoms. The molecule has 0 saturated carbocycles. The molecule has 2 heterocycles. The van der Waals surface area contributed by atoms with E-state index in [1.807, 2.05) is 12.3 Å². The minimum Gasteiger partial charge on any atom is -0.372 e. The molecule has 2 N–H and O–H groups in total. The van der Waals surface area contributed by atoms with Crippen molar-refractivity contribution in [2.75, 3.05) is 6.61 Å². The fourth-order valence-electron chi connectivity index (χ4n) is 2.68. The maximum Gasteiger partial charge on any atom is 0.0981 e. The largest absolute Gasteiger partial charge is 0.372 e. The average molecular weight is 254 g/mol. The van der Waals surface area contributed by atoms with Gasteiger partial charge in [-0.05, 0) is 35.6 Å². The second-order valence-electron chi connectivity index (χ2n) is 4.97. The Kier molecular flexibility index (Phi) is 3.58. The first-order valence-corrected chi connectivity index (χ1v) is 6.68. The van der Waals surface area contributed by atoms with Crippen LogP contribution in [0.4, 0.5) is 0 Å². The molecule has 0 saturated heterocycles. The SMILES string of the molecule is NC(Cc1cccnc1)C1OCCc2ccccc21. The lowest BCUT2D eigenvalue weighted by molar-refractivity contribution is 0.0246. The van der Waals surface area contributed by atoms with E-state index in [1.54, 1.807) is 6.20 Å². The van der Waals surface area contributed by atoms with Crippen molar-refractivity contribution in [2.45, 2.75) is 25.0 Å². The maximum atomic E-state index is 6.34. The second kappa shape index (κ2) is 5.51. The quantitative estimate of drug-likeness (QED) is 0.914. The van der Waals surface area contributed by atoms with E-state index in [1.165, 1.54) is 11.1 Å². The Morgan fingerprint density at radius 1 is 1.26 bits per heavy atom. The van der Waals surface area contributed by atoms with Crippen molar-refractivity contribution in [3.05, 3.63) is 65.5 Å². The van der Waals surface area contributed by atoms with Gasteiger partial charge in [0.15, 0.2) is 0 Å². The van der Waals surface area contributed by atoms with Gasteiger partial charge in [-0.15, -0.1) is 0 Å². The van der Waals surface area contributed by atoms with Crippen LogP contribution < -0.4 is 5.73 Å². The van der Waals surface area contributed by atoms with Gasteiger partial charge >= 0.3 is 0 Å². The summed E-state index contributed by atoms with van der Waals surface area (Å²) in [5.74, 6) is 0. The summed E-state index contributed by atoms with van der Waals surface area (Å²) in [6.07, 6.45) is 5.40. The van der Waals surface area contributed by atoms with Gasteiger partial charge in [0.2, 0.25) is 0 Å². The van der Waals surface area contributed by atoms with E-state index in [0.29, 0.717) is 0 Å². The summed E-state index contributed by atoms with van der Waals surface area (Å²) in [7, 11) is 0. The van der Waals surface area contributed by atoms with E-state index in [9.17, 15) is 0 Å². The van der Waals surface area contributed by atoms with E-state index < -0.39 is 0 Å². The summed E-state index contributed by atoms with van der Waals surface area (Å²) in [4.78, 5) is 4.13. The molecule has 0 aliphatic carbocycles. The Labute approximate surface area is 113 Å². The van der Waals surface area contributed by atoms with Crippen molar-refractivity contribution < 1.29 is 4.74 Å². The molecule has 0 radical (unpaired) electrons. The average Bonchev–Trinajstić information content (AvgIpc) is 2.47. The molecule has 0 spiro atoms. The molecule has 3 rings (SSSR count). The Balaban J connectivity index is 1.80. The van der Waals surface area contributed by atoms with Gasteiger partial charge in [-0.25, -0.2) is 0 Å². The Morgan fingerprint density at radius 2 is 2.16 bits per heavy atom. The van der Waals surface area contributed by atoms with E-state index in [4.69, 9.17) is 10.5 Å². The Hall–Kier alpha value is -1.71. The van der Waals surface area contributed by atoms with Gasteiger partial charge in [0.05, 0.1) is 12.7 Å². The number of aromatic nitrogens is 1. The van der Waals surface area contributed by atoms with Gasteiger partial charge in [0.1, 0.15) is 0 Å². The van der Waals surface area contributed by atoms with Crippen LogP contribution in [0.3, 0.4) is 0 Å². The van der Waals surface area contributed by atoms with Gasteiger partial charge in [-0.1, -0.05) is 30.3 Å². The fraction of sp³-hybridized carbons (Fsp3) is 0.312. The van der Waals surface area contributed by atoms with Gasteiger partial charge in [-0.3, -0.25) is 4.98 Å². The minimum absolute atomic E-state index is 0.00911. The van der Waals surface area contributed by atoms with Crippen molar-refractivity contribution in [3.8, 4) is 0 Å². The third-order valence-corrected chi connectivity index (χ3v) is 3.61. The van der Waals surface area contributed by atoms with E-state index >= 15 is 0 Å². The highest BCUT2D eigenvalue weighted by Crippen LogP contribution is 2.29. The lowest BCUT2D eigenvalue weighted by Crippen LogP contribution is -2.35. The molecule has 1 aliphatic rings. The van der Waals surface area contributed by atoms with Crippen LogP contribution in [0.1, 0.15) is 22.8 Å². The molecule has 0 amide bonds. The summed E-state index contributed by atoms with van der Waals surface area (Å²) < 4.78 is 5.89. The van der Waals surface area contributed by atoms with Crippen molar-refractivity contribution in [1.29, 1.82) is 0 Å². The zero-order chi connectivity index (χ0) is 13.1. The molecule has 2 atom stereocenters. The van der Waals surface area contributed by atoms with Crippen LogP contribution in [0, 0.1) is 0 Å². The number of nitrogens with zero attached hydrogens (tertiary/aromatic N) is 1. The lowest BCUT2D eigenvalue weighted by Gasteiger charge is -2.30. The van der Waals surface area contributed by atoms with E-state index in [2.05, 4.69) is 35.3 Å². The Morgan fingerprint density at radius 3 is 3.00 bits per heavy atom. The third kappa shape index (κ3) is 2.67. The minimum atomic E-state index is -0.0364. The highest BCUT2D eigenvalue weighted by atomic mass is 16.5. The van der Waals surface area contributed by atoms with Crippen LogP contribution in [0.15, 0.2) is 48.8 Å². The smallest absolute Gasteiger partial charge is 0.0981 e. The van der Waals surface area contributed by atoms with E-state index in [-0.39, 0.29) is 12.1 Å². The highest BCUT2D eigenvalue weighted by Gasteiger charge is 2.26. The summed E-state index contributed by atoms with van der Waals surface area (Å²) >= 11 is 0. The molecule has 98 valence electrons. The monoisotopic (exact) mass is 254 g/mol. The molecule has 0 fully saturated rings.